The highest BCUT2D eigenvalue weighted by Crippen LogP contribution is 2.25. The van der Waals surface area contributed by atoms with E-state index >= 15 is 0 Å². The van der Waals surface area contributed by atoms with Gasteiger partial charge in [-0.15, -0.1) is 11.3 Å². The number of nitrogens with zero attached hydrogens (tertiary/aromatic N) is 3. The summed E-state index contributed by atoms with van der Waals surface area (Å²) >= 11 is 2.67. The van der Waals surface area contributed by atoms with E-state index in [4.69, 9.17) is 0 Å². The van der Waals surface area contributed by atoms with Crippen LogP contribution >= 0.6 is 23.1 Å². The molecule has 0 fully saturated rings. The third kappa shape index (κ3) is 4.42. The maximum atomic E-state index is 13.0. The Labute approximate surface area is 179 Å². The maximum absolute atomic E-state index is 13.0. The first-order valence-corrected chi connectivity index (χ1v) is 11.0. The normalized spacial score (nSPS) is 11.0. The van der Waals surface area contributed by atoms with Crippen LogP contribution in [0.4, 0.5) is 9.52 Å². The van der Waals surface area contributed by atoms with Crippen molar-refractivity contribution in [2.45, 2.75) is 11.6 Å². The molecule has 4 rings (SSSR count). The number of anilines is 1. The van der Waals surface area contributed by atoms with Crippen molar-refractivity contribution < 1.29 is 9.18 Å². The van der Waals surface area contributed by atoms with Gasteiger partial charge in [0, 0.05) is 30.2 Å². The van der Waals surface area contributed by atoms with Gasteiger partial charge in [0.15, 0.2) is 10.3 Å². The quantitative estimate of drug-likeness (QED) is 0.357. The Morgan fingerprint density at radius 3 is 2.73 bits per heavy atom. The molecule has 2 heterocycles. The molecule has 0 saturated heterocycles. The molecule has 0 aliphatic carbocycles. The molecular formula is C21H17FN4O2S2. The minimum atomic E-state index is -0.307. The largest absolute Gasteiger partial charge is 0.302 e. The molecule has 0 radical (unpaired) electrons. The number of carbonyl (C=O) groups is 1. The number of carbonyl (C=O) groups excluding carboxylic acids is 1. The predicted molar refractivity (Wildman–Crippen MR) is 118 cm³/mol. The van der Waals surface area contributed by atoms with Crippen LogP contribution in [0.3, 0.4) is 0 Å². The number of amides is 1. The molecule has 9 heteroatoms. The lowest BCUT2D eigenvalue weighted by atomic mass is 10.2. The third-order valence-corrected chi connectivity index (χ3v) is 6.18. The van der Waals surface area contributed by atoms with Crippen LogP contribution in [0.2, 0.25) is 0 Å². The number of hydrogen-bond acceptors (Lipinski definition) is 6. The van der Waals surface area contributed by atoms with Crippen molar-refractivity contribution in [2.24, 2.45) is 7.05 Å². The van der Waals surface area contributed by atoms with Crippen molar-refractivity contribution in [3.63, 3.8) is 0 Å². The first-order valence-electron chi connectivity index (χ1n) is 9.11. The Kier molecular flexibility index (Phi) is 5.91. The second-order valence-electron chi connectivity index (χ2n) is 6.47. The number of halogens is 1. The van der Waals surface area contributed by atoms with Crippen molar-refractivity contribution >= 4 is 45.0 Å². The maximum Gasteiger partial charge on any atom is 0.261 e. The number of nitrogens with one attached hydrogen (secondary N) is 1. The summed E-state index contributed by atoms with van der Waals surface area (Å²) in [6.07, 6.45) is 0.249. The lowest BCUT2D eigenvalue weighted by Crippen LogP contribution is -2.20. The van der Waals surface area contributed by atoms with Crippen LogP contribution in [0, 0.1) is 5.82 Å². The summed E-state index contributed by atoms with van der Waals surface area (Å²) in [5, 5.41) is 6.22. The zero-order valence-corrected chi connectivity index (χ0v) is 17.6. The minimum Gasteiger partial charge on any atom is -0.302 e. The van der Waals surface area contributed by atoms with E-state index in [0.717, 1.165) is 5.56 Å². The van der Waals surface area contributed by atoms with Gasteiger partial charge in [0.2, 0.25) is 5.91 Å². The van der Waals surface area contributed by atoms with Gasteiger partial charge in [-0.2, -0.15) is 0 Å². The smallest absolute Gasteiger partial charge is 0.261 e. The van der Waals surface area contributed by atoms with E-state index in [1.54, 1.807) is 31.3 Å². The number of benzene rings is 2. The molecule has 30 heavy (non-hydrogen) atoms. The second kappa shape index (κ2) is 8.76. The van der Waals surface area contributed by atoms with Crippen molar-refractivity contribution in [1.29, 1.82) is 0 Å². The number of fused-ring (bicyclic) bond motifs is 1. The summed E-state index contributed by atoms with van der Waals surface area (Å²) in [4.78, 5) is 33.6. The number of rotatable bonds is 6. The summed E-state index contributed by atoms with van der Waals surface area (Å²) in [6, 6.07) is 13.2. The number of para-hydroxylation sites is 1. The first kappa shape index (κ1) is 20.2. The van der Waals surface area contributed by atoms with Crippen LogP contribution in [0.15, 0.2) is 63.9 Å². The molecule has 152 valence electrons. The van der Waals surface area contributed by atoms with Crippen LogP contribution < -0.4 is 10.9 Å². The summed E-state index contributed by atoms with van der Waals surface area (Å²) < 4.78 is 14.5. The van der Waals surface area contributed by atoms with Gasteiger partial charge in [-0.1, -0.05) is 23.9 Å². The minimum absolute atomic E-state index is 0.108. The molecule has 0 saturated carbocycles. The van der Waals surface area contributed by atoms with Crippen molar-refractivity contribution in [1.82, 2.24) is 14.5 Å². The van der Waals surface area contributed by atoms with E-state index in [9.17, 15) is 14.0 Å². The third-order valence-electron chi connectivity index (χ3n) is 4.39. The van der Waals surface area contributed by atoms with E-state index in [2.05, 4.69) is 15.3 Å². The lowest BCUT2D eigenvalue weighted by Gasteiger charge is -2.08. The van der Waals surface area contributed by atoms with E-state index in [0.29, 0.717) is 32.6 Å². The van der Waals surface area contributed by atoms with Gasteiger partial charge < -0.3 is 5.32 Å². The summed E-state index contributed by atoms with van der Waals surface area (Å²) in [7, 11) is 1.68. The zero-order chi connectivity index (χ0) is 21.1. The van der Waals surface area contributed by atoms with Gasteiger partial charge in [-0.25, -0.2) is 14.4 Å². The molecule has 0 bridgehead atoms. The van der Waals surface area contributed by atoms with Gasteiger partial charge in [-0.05, 0) is 36.4 Å². The van der Waals surface area contributed by atoms with Gasteiger partial charge in [0.25, 0.3) is 5.56 Å². The fraction of sp³-hybridized carbons (Fsp3) is 0.143. The molecular weight excluding hydrogens is 423 g/mol. The molecule has 0 spiro atoms. The van der Waals surface area contributed by atoms with Crippen LogP contribution in [-0.4, -0.2) is 26.2 Å². The Morgan fingerprint density at radius 1 is 1.17 bits per heavy atom. The molecule has 0 aliphatic heterocycles. The van der Waals surface area contributed by atoms with Gasteiger partial charge in [0.05, 0.1) is 16.6 Å². The van der Waals surface area contributed by atoms with Crippen LogP contribution in [0.5, 0.6) is 0 Å². The molecule has 6 nitrogen and oxygen atoms in total. The van der Waals surface area contributed by atoms with Crippen LogP contribution in [-0.2, 0) is 11.8 Å². The molecule has 0 aliphatic rings. The van der Waals surface area contributed by atoms with Crippen LogP contribution in [0.1, 0.15) is 6.42 Å². The van der Waals surface area contributed by atoms with Gasteiger partial charge >= 0.3 is 0 Å². The monoisotopic (exact) mass is 440 g/mol. The van der Waals surface area contributed by atoms with E-state index in [-0.39, 0.29) is 23.7 Å². The fourth-order valence-corrected chi connectivity index (χ4v) is 4.47. The highest BCUT2D eigenvalue weighted by molar-refractivity contribution is 7.99. The molecule has 2 aromatic carbocycles. The van der Waals surface area contributed by atoms with E-state index in [1.165, 1.54) is 39.8 Å². The Morgan fingerprint density at radius 2 is 1.93 bits per heavy atom. The van der Waals surface area contributed by atoms with E-state index in [1.807, 2.05) is 17.5 Å². The molecule has 2 aromatic heterocycles. The van der Waals surface area contributed by atoms with Crippen molar-refractivity contribution in [3.05, 3.63) is 70.1 Å². The Balaban J connectivity index is 1.36. The average Bonchev–Trinajstić information content (AvgIpc) is 3.20. The summed E-state index contributed by atoms with van der Waals surface area (Å²) in [6.45, 7) is 0. The standard InChI is InChI=1S/C21H17FN4O2S2/c1-26-19(28)15-4-2-3-5-16(15)24-21(26)29-11-10-18(27)25-20-23-17(12-30-20)13-6-8-14(22)9-7-13/h2-9,12H,10-11H2,1H3,(H,23,25,27). The zero-order valence-electron chi connectivity index (χ0n) is 16.0. The van der Waals surface area contributed by atoms with Crippen molar-refractivity contribution in [3.8, 4) is 11.3 Å². The van der Waals surface area contributed by atoms with E-state index < -0.39 is 0 Å². The average molecular weight is 441 g/mol. The number of aromatic nitrogens is 3. The van der Waals surface area contributed by atoms with Crippen LogP contribution in [0.25, 0.3) is 22.2 Å². The molecule has 1 amide bonds. The highest BCUT2D eigenvalue weighted by Gasteiger charge is 2.11. The first-order chi connectivity index (χ1) is 14.5. The Bertz CT molecular complexity index is 1270. The van der Waals surface area contributed by atoms with Crippen molar-refractivity contribution in [2.75, 3.05) is 11.1 Å². The number of hydrogen-bond donors (Lipinski definition) is 1. The summed E-state index contributed by atoms with van der Waals surface area (Å²) in [5.74, 6) is -0.00704. The molecule has 0 atom stereocenters. The lowest BCUT2D eigenvalue weighted by molar-refractivity contribution is -0.115. The predicted octanol–water partition coefficient (Wildman–Crippen LogP) is 4.32. The second-order valence-corrected chi connectivity index (χ2v) is 8.39. The molecule has 1 N–H and O–H groups in total. The summed E-state index contributed by atoms with van der Waals surface area (Å²) in [5.41, 5.74) is 2.00. The highest BCUT2D eigenvalue weighted by atomic mass is 32.2. The Hall–Kier alpha value is -3.04. The van der Waals surface area contributed by atoms with Gasteiger partial charge in [-0.3, -0.25) is 14.2 Å². The fourth-order valence-electron chi connectivity index (χ4n) is 2.83. The molecule has 4 aromatic rings. The SMILES string of the molecule is Cn1c(SCCC(=O)Nc2nc(-c3ccc(F)cc3)cs2)nc2ccccc2c1=O. The number of thiazole rings is 1. The topological polar surface area (TPSA) is 76.9 Å². The van der Waals surface area contributed by atoms with Gasteiger partial charge in [0.1, 0.15) is 5.82 Å². The molecule has 0 unspecified atom stereocenters. The number of thioether (sulfide) groups is 1.